The fraction of sp³-hybridized carbons (Fsp3) is 0.333. The van der Waals surface area contributed by atoms with Crippen molar-refractivity contribution in [3.63, 3.8) is 0 Å². The van der Waals surface area contributed by atoms with Gasteiger partial charge in [0.05, 0.1) is 0 Å². The Morgan fingerprint density at radius 1 is 1.04 bits per heavy atom. The van der Waals surface area contributed by atoms with Gasteiger partial charge in [-0.2, -0.15) is 0 Å². The molecule has 0 fully saturated rings. The van der Waals surface area contributed by atoms with Gasteiger partial charge in [0.15, 0.2) is 0 Å². The van der Waals surface area contributed by atoms with Crippen molar-refractivity contribution in [1.82, 2.24) is 10.2 Å². The van der Waals surface area contributed by atoms with E-state index in [0.717, 1.165) is 16.7 Å². The molecule has 0 aromatic heterocycles. The number of carbonyl (C=O) groups is 2. The summed E-state index contributed by atoms with van der Waals surface area (Å²) in [4.78, 5) is 26.8. The van der Waals surface area contributed by atoms with Crippen LogP contribution in [0.25, 0.3) is 0 Å². The quantitative estimate of drug-likeness (QED) is 0.843. The zero-order valence-corrected chi connectivity index (χ0v) is 15.2. The summed E-state index contributed by atoms with van der Waals surface area (Å²) >= 11 is 0. The van der Waals surface area contributed by atoms with E-state index in [1.165, 1.54) is 0 Å². The van der Waals surface area contributed by atoms with Gasteiger partial charge in [0, 0.05) is 26.4 Å². The SMILES string of the molecule is CCC(=O)N(Cc1cccc(C)c1)[C@@H](Cc1ccccc1)C(=O)NC. The highest BCUT2D eigenvalue weighted by Gasteiger charge is 2.28. The van der Waals surface area contributed by atoms with Crippen LogP contribution in [0, 0.1) is 6.92 Å². The predicted octanol–water partition coefficient (Wildman–Crippen LogP) is 3.09. The van der Waals surface area contributed by atoms with Crippen molar-refractivity contribution in [3.8, 4) is 0 Å². The molecule has 0 saturated heterocycles. The number of nitrogens with zero attached hydrogens (tertiary/aromatic N) is 1. The molecular weight excluding hydrogens is 312 g/mol. The van der Waals surface area contributed by atoms with Gasteiger partial charge >= 0.3 is 0 Å². The van der Waals surface area contributed by atoms with Crippen molar-refractivity contribution in [2.45, 2.75) is 39.3 Å². The number of benzene rings is 2. The van der Waals surface area contributed by atoms with E-state index < -0.39 is 6.04 Å². The van der Waals surface area contributed by atoms with Crippen molar-refractivity contribution < 1.29 is 9.59 Å². The average Bonchev–Trinajstić information content (AvgIpc) is 2.64. The summed E-state index contributed by atoms with van der Waals surface area (Å²) in [5, 5.41) is 2.71. The van der Waals surface area contributed by atoms with Crippen LogP contribution in [-0.4, -0.2) is 29.8 Å². The summed E-state index contributed by atoms with van der Waals surface area (Å²) in [6, 6.07) is 17.3. The number of likely N-dealkylation sites (N-methyl/N-ethyl adjacent to an activating group) is 1. The van der Waals surface area contributed by atoms with E-state index in [-0.39, 0.29) is 11.8 Å². The summed E-state index contributed by atoms with van der Waals surface area (Å²) in [7, 11) is 1.61. The number of aryl methyl sites for hydroxylation is 1. The van der Waals surface area contributed by atoms with E-state index in [0.29, 0.717) is 19.4 Å². The Hall–Kier alpha value is -2.62. The molecule has 0 bridgehead atoms. The highest BCUT2D eigenvalue weighted by molar-refractivity contribution is 5.87. The monoisotopic (exact) mass is 338 g/mol. The van der Waals surface area contributed by atoms with Crippen LogP contribution in [-0.2, 0) is 22.6 Å². The van der Waals surface area contributed by atoms with Gasteiger partial charge in [-0.25, -0.2) is 0 Å². The summed E-state index contributed by atoms with van der Waals surface area (Å²) < 4.78 is 0. The van der Waals surface area contributed by atoms with Gasteiger partial charge in [-0.3, -0.25) is 9.59 Å². The fourth-order valence-corrected chi connectivity index (χ4v) is 2.93. The molecule has 0 radical (unpaired) electrons. The lowest BCUT2D eigenvalue weighted by Gasteiger charge is -2.31. The molecule has 2 aromatic rings. The zero-order valence-electron chi connectivity index (χ0n) is 15.2. The third kappa shape index (κ3) is 5.18. The largest absolute Gasteiger partial charge is 0.357 e. The van der Waals surface area contributed by atoms with Crippen LogP contribution < -0.4 is 5.32 Å². The third-order valence-electron chi connectivity index (χ3n) is 4.26. The summed E-state index contributed by atoms with van der Waals surface area (Å²) in [5.41, 5.74) is 3.21. The molecule has 25 heavy (non-hydrogen) atoms. The number of hydrogen-bond acceptors (Lipinski definition) is 2. The Labute approximate surface area is 149 Å². The van der Waals surface area contributed by atoms with E-state index in [4.69, 9.17) is 0 Å². The molecule has 1 N–H and O–H groups in total. The van der Waals surface area contributed by atoms with Gasteiger partial charge < -0.3 is 10.2 Å². The van der Waals surface area contributed by atoms with E-state index >= 15 is 0 Å². The number of rotatable bonds is 7. The van der Waals surface area contributed by atoms with Crippen molar-refractivity contribution in [1.29, 1.82) is 0 Å². The molecule has 0 aliphatic carbocycles. The van der Waals surface area contributed by atoms with Crippen LogP contribution in [0.1, 0.15) is 30.0 Å². The first-order valence-electron chi connectivity index (χ1n) is 8.65. The second kappa shape index (κ2) is 9.02. The van der Waals surface area contributed by atoms with Crippen LogP contribution in [0.2, 0.25) is 0 Å². The van der Waals surface area contributed by atoms with Crippen LogP contribution in [0.15, 0.2) is 54.6 Å². The summed E-state index contributed by atoms with van der Waals surface area (Å²) in [5.74, 6) is -0.163. The number of hydrogen-bond donors (Lipinski definition) is 1. The fourth-order valence-electron chi connectivity index (χ4n) is 2.93. The van der Waals surface area contributed by atoms with Crippen molar-refractivity contribution in [3.05, 3.63) is 71.3 Å². The zero-order chi connectivity index (χ0) is 18.2. The molecule has 0 heterocycles. The van der Waals surface area contributed by atoms with E-state index in [1.807, 2.05) is 62.4 Å². The van der Waals surface area contributed by atoms with Crippen molar-refractivity contribution in [2.24, 2.45) is 0 Å². The van der Waals surface area contributed by atoms with Crippen LogP contribution in [0.4, 0.5) is 0 Å². The van der Waals surface area contributed by atoms with E-state index in [9.17, 15) is 9.59 Å². The molecule has 0 aliphatic rings. The van der Waals surface area contributed by atoms with Gasteiger partial charge in [0.1, 0.15) is 6.04 Å². The normalized spacial score (nSPS) is 11.6. The molecule has 0 spiro atoms. The number of carbonyl (C=O) groups excluding carboxylic acids is 2. The smallest absolute Gasteiger partial charge is 0.242 e. The minimum absolute atomic E-state index is 0.0222. The first-order valence-corrected chi connectivity index (χ1v) is 8.65. The molecule has 0 saturated carbocycles. The second-order valence-corrected chi connectivity index (χ2v) is 6.18. The first-order chi connectivity index (χ1) is 12.0. The molecule has 132 valence electrons. The van der Waals surface area contributed by atoms with Crippen LogP contribution in [0.3, 0.4) is 0 Å². The van der Waals surface area contributed by atoms with Crippen LogP contribution >= 0.6 is 0 Å². The van der Waals surface area contributed by atoms with Crippen LogP contribution in [0.5, 0.6) is 0 Å². The van der Waals surface area contributed by atoms with Gasteiger partial charge in [-0.15, -0.1) is 0 Å². The van der Waals surface area contributed by atoms with Gasteiger partial charge in [0.2, 0.25) is 11.8 Å². The first kappa shape index (κ1) is 18.7. The number of amides is 2. The summed E-state index contributed by atoms with van der Waals surface area (Å²) in [6.07, 6.45) is 0.867. The standard InChI is InChI=1S/C21H26N2O2/c1-4-20(24)23(15-18-12-8-9-16(2)13-18)19(21(25)22-3)14-17-10-6-5-7-11-17/h5-13,19H,4,14-15H2,1-3H3,(H,22,25)/t19-/m0/s1. The van der Waals surface area contributed by atoms with E-state index in [1.54, 1.807) is 11.9 Å². The van der Waals surface area contributed by atoms with E-state index in [2.05, 4.69) is 11.4 Å². The van der Waals surface area contributed by atoms with Gasteiger partial charge in [0.25, 0.3) is 0 Å². The van der Waals surface area contributed by atoms with Gasteiger partial charge in [-0.05, 0) is 18.1 Å². The second-order valence-electron chi connectivity index (χ2n) is 6.18. The molecule has 4 heteroatoms. The molecule has 2 rings (SSSR count). The Bertz CT molecular complexity index is 713. The molecule has 1 atom stereocenters. The maximum atomic E-state index is 12.6. The molecule has 0 aliphatic heterocycles. The third-order valence-corrected chi connectivity index (χ3v) is 4.26. The lowest BCUT2D eigenvalue weighted by molar-refractivity contribution is -0.140. The predicted molar refractivity (Wildman–Crippen MR) is 100 cm³/mol. The molecule has 0 unspecified atom stereocenters. The Morgan fingerprint density at radius 3 is 2.32 bits per heavy atom. The van der Waals surface area contributed by atoms with Crippen molar-refractivity contribution >= 4 is 11.8 Å². The highest BCUT2D eigenvalue weighted by Crippen LogP contribution is 2.16. The Balaban J connectivity index is 2.32. The maximum absolute atomic E-state index is 12.6. The lowest BCUT2D eigenvalue weighted by Crippen LogP contribution is -2.49. The lowest BCUT2D eigenvalue weighted by atomic mass is 10.0. The minimum Gasteiger partial charge on any atom is -0.357 e. The van der Waals surface area contributed by atoms with Crippen molar-refractivity contribution in [2.75, 3.05) is 7.05 Å². The molecule has 2 aromatic carbocycles. The number of nitrogens with one attached hydrogen (secondary N) is 1. The molecular formula is C21H26N2O2. The maximum Gasteiger partial charge on any atom is 0.242 e. The topological polar surface area (TPSA) is 49.4 Å². The summed E-state index contributed by atoms with van der Waals surface area (Å²) in [6.45, 7) is 4.28. The van der Waals surface area contributed by atoms with Gasteiger partial charge in [-0.1, -0.05) is 67.1 Å². The molecule has 4 nitrogen and oxygen atoms in total. The average molecular weight is 338 g/mol. The minimum atomic E-state index is -0.527. The highest BCUT2D eigenvalue weighted by atomic mass is 16.2. The molecule has 2 amide bonds. The Kier molecular flexibility index (Phi) is 6.75. The Morgan fingerprint density at radius 2 is 1.72 bits per heavy atom.